The summed E-state index contributed by atoms with van der Waals surface area (Å²) in [7, 11) is 0. The average Bonchev–Trinajstić information content (AvgIpc) is 2.95. The fourth-order valence-electron chi connectivity index (χ4n) is 2.12. The Morgan fingerprint density at radius 3 is 2.64 bits per heavy atom. The maximum absolute atomic E-state index is 5.24. The van der Waals surface area contributed by atoms with Crippen molar-refractivity contribution >= 4 is 0 Å². The van der Waals surface area contributed by atoms with Gasteiger partial charge in [0.2, 0.25) is 0 Å². The lowest BCUT2D eigenvalue weighted by molar-refractivity contribution is 0.321. The minimum atomic E-state index is 0.557. The van der Waals surface area contributed by atoms with Crippen molar-refractivity contribution in [3.8, 4) is 0 Å². The van der Waals surface area contributed by atoms with Gasteiger partial charge in [-0.3, -0.25) is 0 Å². The summed E-state index contributed by atoms with van der Waals surface area (Å²) in [6.45, 7) is 9.79. The van der Waals surface area contributed by atoms with Gasteiger partial charge in [0.05, 0.1) is 12.7 Å². The van der Waals surface area contributed by atoms with Crippen LogP contribution < -0.4 is 0 Å². The number of hydrogen-bond acceptors (Lipinski definition) is 1. The molecule has 0 saturated carbocycles. The summed E-state index contributed by atoms with van der Waals surface area (Å²) in [5.74, 6) is 1.51. The standard InChI is InChI=1S/C13H25O/c1-4-6-7-12(5-2)8-11(3)9-13-10-14-13/h11-13H,3-10H2,1-2H3. The van der Waals surface area contributed by atoms with E-state index in [2.05, 4.69) is 20.8 Å². The second-order valence-corrected chi connectivity index (χ2v) is 4.71. The van der Waals surface area contributed by atoms with Crippen molar-refractivity contribution in [2.24, 2.45) is 11.8 Å². The Morgan fingerprint density at radius 1 is 1.43 bits per heavy atom. The molecule has 0 aromatic heterocycles. The highest BCUT2D eigenvalue weighted by Gasteiger charge is 2.25. The second-order valence-electron chi connectivity index (χ2n) is 4.71. The lowest BCUT2D eigenvalue weighted by Gasteiger charge is -2.18. The molecule has 3 unspecified atom stereocenters. The molecule has 0 amide bonds. The topological polar surface area (TPSA) is 12.5 Å². The van der Waals surface area contributed by atoms with Crippen LogP contribution in [0.1, 0.15) is 52.4 Å². The van der Waals surface area contributed by atoms with E-state index >= 15 is 0 Å². The normalized spacial score (nSPS) is 24.6. The molecule has 1 aliphatic rings. The van der Waals surface area contributed by atoms with Gasteiger partial charge in [-0.15, -0.1) is 0 Å². The van der Waals surface area contributed by atoms with Crippen LogP contribution in [0.5, 0.6) is 0 Å². The van der Waals surface area contributed by atoms with Crippen LogP contribution in [0.4, 0.5) is 0 Å². The Kier molecular flexibility index (Phi) is 5.54. The van der Waals surface area contributed by atoms with Crippen LogP contribution in [-0.4, -0.2) is 12.7 Å². The first-order valence-corrected chi connectivity index (χ1v) is 6.20. The Labute approximate surface area is 89.2 Å². The van der Waals surface area contributed by atoms with E-state index in [-0.39, 0.29) is 0 Å². The summed E-state index contributed by atoms with van der Waals surface area (Å²) < 4.78 is 5.24. The molecule has 0 N–H and O–H groups in total. The van der Waals surface area contributed by atoms with Crippen LogP contribution in [0, 0.1) is 18.8 Å². The minimum absolute atomic E-state index is 0.557. The molecular weight excluding hydrogens is 172 g/mol. The first-order valence-electron chi connectivity index (χ1n) is 6.20. The highest BCUT2D eigenvalue weighted by Crippen LogP contribution is 2.27. The smallest absolute Gasteiger partial charge is 0.0812 e. The van der Waals surface area contributed by atoms with Crippen LogP contribution in [0.25, 0.3) is 0 Å². The number of hydrogen-bond donors (Lipinski definition) is 0. The van der Waals surface area contributed by atoms with Crippen LogP contribution >= 0.6 is 0 Å². The predicted octanol–water partition coefficient (Wildman–Crippen LogP) is 3.83. The van der Waals surface area contributed by atoms with Crippen LogP contribution in [0.15, 0.2) is 0 Å². The monoisotopic (exact) mass is 197 g/mol. The lowest BCUT2D eigenvalue weighted by atomic mass is 9.87. The molecule has 0 aliphatic carbocycles. The van der Waals surface area contributed by atoms with E-state index < -0.39 is 0 Å². The third kappa shape index (κ3) is 4.99. The fraction of sp³-hybridized carbons (Fsp3) is 0.923. The van der Waals surface area contributed by atoms with Gasteiger partial charge in [0.25, 0.3) is 0 Å². The maximum Gasteiger partial charge on any atom is 0.0812 e. The van der Waals surface area contributed by atoms with Gasteiger partial charge in [-0.25, -0.2) is 0 Å². The molecule has 14 heavy (non-hydrogen) atoms. The first-order chi connectivity index (χ1) is 6.76. The van der Waals surface area contributed by atoms with Gasteiger partial charge in [-0.1, -0.05) is 46.5 Å². The molecule has 1 nitrogen and oxygen atoms in total. The van der Waals surface area contributed by atoms with Gasteiger partial charge in [0.1, 0.15) is 0 Å². The maximum atomic E-state index is 5.24. The molecule has 1 heterocycles. The van der Waals surface area contributed by atoms with Gasteiger partial charge in [-0.2, -0.15) is 0 Å². The van der Waals surface area contributed by atoms with Crippen molar-refractivity contribution in [3.05, 3.63) is 6.92 Å². The van der Waals surface area contributed by atoms with Gasteiger partial charge >= 0.3 is 0 Å². The molecule has 1 saturated heterocycles. The van der Waals surface area contributed by atoms with Gasteiger partial charge in [0.15, 0.2) is 0 Å². The summed E-state index contributed by atoms with van der Waals surface area (Å²) in [5, 5.41) is 0. The molecule has 0 aromatic carbocycles. The highest BCUT2D eigenvalue weighted by molar-refractivity contribution is 4.77. The minimum Gasteiger partial charge on any atom is -0.373 e. The van der Waals surface area contributed by atoms with E-state index in [1.807, 2.05) is 0 Å². The number of epoxide rings is 1. The molecular formula is C13H25O. The number of unbranched alkanes of at least 4 members (excludes halogenated alkanes) is 1. The zero-order valence-electron chi connectivity index (χ0n) is 9.80. The largest absolute Gasteiger partial charge is 0.373 e. The number of rotatable bonds is 8. The third-order valence-electron chi connectivity index (χ3n) is 3.21. The Bertz CT molecular complexity index is 140. The Hall–Kier alpha value is -0.0400. The van der Waals surface area contributed by atoms with E-state index in [9.17, 15) is 0 Å². The van der Waals surface area contributed by atoms with Crippen LogP contribution in [0.3, 0.4) is 0 Å². The zero-order valence-corrected chi connectivity index (χ0v) is 9.80. The van der Waals surface area contributed by atoms with Crippen molar-refractivity contribution < 1.29 is 4.74 Å². The van der Waals surface area contributed by atoms with Gasteiger partial charge in [-0.05, 0) is 24.7 Å². The summed E-state index contributed by atoms with van der Waals surface area (Å²) in [6.07, 6.45) is 8.46. The van der Waals surface area contributed by atoms with Gasteiger partial charge < -0.3 is 4.74 Å². The zero-order chi connectivity index (χ0) is 10.4. The van der Waals surface area contributed by atoms with Crippen molar-refractivity contribution in [1.29, 1.82) is 0 Å². The summed E-state index contributed by atoms with van der Waals surface area (Å²) in [5.41, 5.74) is 0. The summed E-state index contributed by atoms with van der Waals surface area (Å²) in [4.78, 5) is 0. The molecule has 0 aromatic rings. The SMILES string of the molecule is [CH2]C(CC(CC)CCCC)CC1CO1. The Morgan fingerprint density at radius 2 is 2.14 bits per heavy atom. The van der Waals surface area contributed by atoms with Crippen molar-refractivity contribution in [2.45, 2.75) is 58.5 Å². The van der Waals surface area contributed by atoms with Crippen LogP contribution in [0.2, 0.25) is 0 Å². The first kappa shape index (κ1) is 12.0. The van der Waals surface area contributed by atoms with E-state index in [4.69, 9.17) is 4.74 Å². The third-order valence-corrected chi connectivity index (χ3v) is 3.21. The fourth-order valence-corrected chi connectivity index (χ4v) is 2.12. The molecule has 0 spiro atoms. The highest BCUT2D eigenvalue weighted by atomic mass is 16.6. The molecule has 1 heteroatoms. The summed E-state index contributed by atoms with van der Waals surface area (Å²) >= 11 is 0. The molecule has 83 valence electrons. The van der Waals surface area contributed by atoms with Crippen LogP contribution in [-0.2, 0) is 4.74 Å². The molecule has 1 rings (SSSR count). The quantitative estimate of drug-likeness (QED) is 0.539. The average molecular weight is 197 g/mol. The van der Waals surface area contributed by atoms with E-state index in [0.717, 1.165) is 12.5 Å². The second kappa shape index (κ2) is 6.44. The van der Waals surface area contributed by atoms with Crippen molar-refractivity contribution in [2.75, 3.05) is 6.61 Å². The van der Waals surface area contributed by atoms with E-state index in [1.54, 1.807) is 0 Å². The van der Waals surface area contributed by atoms with Gasteiger partial charge in [0, 0.05) is 0 Å². The predicted molar refractivity (Wildman–Crippen MR) is 61.1 cm³/mol. The van der Waals surface area contributed by atoms with E-state index in [0.29, 0.717) is 12.0 Å². The lowest BCUT2D eigenvalue weighted by Crippen LogP contribution is -2.08. The molecule has 1 aliphatic heterocycles. The van der Waals surface area contributed by atoms with Crippen molar-refractivity contribution in [3.63, 3.8) is 0 Å². The van der Waals surface area contributed by atoms with E-state index in [1.165, 1.54) is 38.5 Å². The number of ether oxygens (including phenoxy) is 1. The summed E-state index contributed by atoms with van der Waals surface area (Å²) in [6, 6.07) is 0. The van der Waals surface area contributed by atoms with Crippen molar-refractivity contribution in [1.82, 2.24) is 0 Å². The molecule has 0 bridgehead atoms. The molecule has 3 atom stereocenters. The molecule has 1 fully saturated rings. The Balaban J connectivity index is 2.09. The molecule has 1 radical (unpaired) electrons.